The fraction of sp³-hybridized carbons (Fsp3) is 0.889. The Hall–Kier alpha value is -0.650. The van der Waals surface area contributed by atoms with Crippen LogP contribution in [0.3, 0.4) is 0 Å². The number of ether oxygens (including phenoxy) is 1. The number of hydroxylamine groups is 2. The Morgan fingerprint density at radius 1 is 1.79 bits per heavy atom. The standard InChI is InChI=1S/C9H18N2O3/c1-7(10)5-11-6-8(3-4-14-11)9(12)13-2/h7-8H,3-6,10H2,1-2H3. The van der Waals surface area contributed by atoms with Crippen molar-refractivity contribution in [2.45, 2.75) is 19.4 Å². The van der Waals surface area contributed by atoms with E-state index >= 15 is 0 Å². The van der Waals surface area contributed by atoms with Crippen molar-refractivity contribution < 1.29 is 14.4 Å². The normalized spacial score (nSPS) is 25.8. The molecule has 5 heteroatoms. The molecule has 2 unspecified atom stereocenters. The first-order valence-corrected chi connectivity index (χ1v) is 4.84. The average Bonchev–Trinajstić information content (AvgIpc) is 2.16. The van der Waals surface area contributed by atoms with Crippen LogP contribution < -0.4 is 5.73 Å². The first kappa shape index (κ1) is 11.4. The van der Waals surface area contributed by atoms with E-state index in [1.165, 1.54) is 7.11 Å². The summed E-state index contributed by atoms with van der Waals surface area (Å²) in [6.07, 6.45) is 0.724. The van der Waals surface area contributed by atoms with Gasteiger partial charge >= 0.3 is 5.97 Å². The van der Waals surface area contributed by atoms with Gasteiger partial charge in [-0.1, -0.05) is 0 Å². The van der Waals surface area contributed by atoms with Gasteiger partial charge in [-0.2, -0.15) is 5.06 Å². The number of carbonyl (C=O) groups is 1. The number of esters is 1. The molecule has 0 bridgehead atoms. The van der Waals surface area contributed by atoms with Crippen LogP contribution in [-0.2, 0) is 14.4 Å². The summed E-state index contributed by atoms with van der Waals surface area (Å²) in [4.78, 5) is 16.6. The lowest BCUT2D eigenvalue weighted by Crippen LogP contribution is -2.44. The Morgan fingerprint density at radius 3 is 3.07 bits per heavy atom. The Bertz CT molecular complexity index is 196. The van der Waals surface area contributed by atoms with E-state index in [4.69, 9.17) is 15.3 Å². The minimum atomic E-state index is -0.164. The molecule has 0 aromatic carbocycles. The van der Waals surface area contributed by atoms with E-state index in [9.17, 15) is 4.79 Å². The second kappa shape index (κ2) is 5.29. The van der Waals surface area contributed by atoms with Crippen molar-refractivity contribution in [1.29, 1.82) is 0 Å². The highest BCUT2D eigenvalue weighted by atomic mass is 16.7. The van der Waals surface area contributed by atoms with Crippen LogP contribution in [-0.4, -0.2) is 43.9 Å². The fourth-order valence-electron chi connectivity index (χ4n) is 1.52. The number of hydrogen-bond donors (Lipinski definition) is 1. The molecule has 0 aliphatic carbocycles. The molecular weight excluding hydrogens is 184 g/mol. The third-order valence-corrected chi connectivity index (χ3v) is 2.19. The molecule has 5 nitrogen and oxygen atoms in total. The Kier molecular flexibility index (Phi) is 4.31. The summed E-state index contributed by atoms with van der Waals surface area (Å²) in [5.74, 6) is -0.240. The van der Waals surface area contributed by atoms with Crippen LogP contribution in [0.5, 0.6) is 0 Å². The smallest absolute Gasteiger partial charge is 0.310 e. The average molecular weight is 202 g/mol. The summed E-state index contributed by atoms with van der Waals surface area (Å²) in [7, 11) is 1.41. The fourth-order valence-corrected chi connectivity index (χ4v) is 1.52. The molecule has 1 rings (SSSR count). The summed E-state index contributed by atoms with van der Waals surface area (Å²) in [5, 5.41) is 1.75. The number of methoxy groups -OCH3 is 1. The molecular formula is C9H18N2O3. The molecule has 1 aliphatic heterocycles. The van der Waals surface area contributed by atoms with Crippen LogP contribution in [0.2, 0.25) is 0 Å². The molecule has 0 saturated carbocycles. The molecule has 1 aliphatic rings. The van der Waals surface area contributed by atoms with Gasteiger partial charge in [0.25, 0.3) is 0 Å². The van der Waals surface area contributed by atoms with Crippen molar-refractivity contribution in [3.8, 4) is 0 Å². The largest absolute Gasteiger partial charge is 0.469 e. The maximum absolute atomic E-state index is 11.3. The van der Waals surface area contributed by atoms with Crippen molar-refractivity contribution >= 4 is 5.97 Å². The zero-order valence-corrected chi connectivity index (χ0v) is 8.73. The van der Waals surface area contributed by atoms with E-state index in [0.717, 1.165) is 6.42 Å². The van der Waals surface area contributed by atoms with E-state index in [1.807, 2.05) is 6.92 Å². The molecule has 2 N–H and O–H groups in total. The van der Waals surface area contributed by atoms with Gasteiger partial charge < -0.3 is 10.5 Å². The lowest BCUT2D eigenvalue weighted by Gasteiger charge is -2.31. The maximum atomic E-state index is 11.3. The third-order valence-electron chi connectivity index (χ3n) is 2.19. The van der Waals surface area contributed by atoms with Gasteiger partial charge in [-0.3, -0.25) is 9.63 Å². The van der Waals surface area contributed by atoms with Gasteiger partial charge in [0.2, 0.25) is 0 Å². The monoisotopic (exact) mass is 202 g/mol. The topological polar surface area (TPSA) is 64.8 Å². The summed E-state index contributed by atoms with van der Waals surface area (Å²) in [6.45, 7) is 3.69. The highest BCUT2D eigenvalue weighted by Crippen LogP contribution is 2.15. The predicted octanol–water partition coefficient (Wildman–Crippen LogP) is -0.240. The summed E-state index contributed by atoms with van der Waals surface area (Å²) >= 11 is 0. The number of nitrogens with two attached hydrogens (primary N) is 1. The van der Waals surface area contributed by atoms with Crippen molar-refractivity contribution in [2.75, 3.05) is 26.8 Å². The van der Waals surface area contributed by atoms with Crippen LogP contribution in [0.15, 0.2) is 0 Å². The highest BCUT2D eigenvalue weighted by molar-refractivity contribution is 5.72. The predicted molar refractivity (Wildman–Crippen MR) is 51.3 cm³/mol. The number of rotatable bonds is 3. The molecule has 0 aromatic heterocycles. The summed E-state index contributed by atoms with van der Waals surface area (Å²) in [5.41, 5.74) is 5.64. The molecule has 1 fully saturated rings. The second-order valence-corrected chi connectivity index (χ2v) is 3.67. The molecule has 1 heterocycles. The van der Waals surface area contributed by atoms with Crippen molar-refractivity contribution in [1.82, 2.24) is 5.06 Å². The SMILES string of the molecule is COC(=O)C1CCON(CC(C)N)C1. The van der Waals surface area contributed by atoms with Crippen LogP contribution in [0.1, 0.15) is 13.3 Å². The Morgan fingerprint density at radius 2 is 2.50 bits per heavy atom. The Balaban J connectivity index is 2.39. The third kappa shape index (κ3) is 3.25. The summed E-state index contributed by atoms with van der Waals surface area (Å²) in [6, 6.07) is 0.0476. The minimum Gasteiger partial charge on any atom is -0.469 e. The minimum absolute atomic E-state index is 0.0476. The molecule has 0 aromatic rings. The Labute approximate surface area is 84.1 Å². The maximum Gasteiger partial charge on any atom is 0.310 e. The molecule has 1 saturated heterocycles. The quantitative estimate of drug-likeness (QED) is 0.640. The van der Waals surface area contributed by atoms with Crippen LogP contribution in [0, 0.1) is 5.92 Å². The van der Waals surface area contributed by atoms with Gasteiger partial charge in [0.05, 0.1) is 19.6 Å². The lowest BCUT2D eigenvalue weighted by molar-refractivity contribution is -0.203. The number of hydrogen-bond acceptors (Lipinski definition) is 5. The molecule has 0 radical (unpaired) electrons. The number of carbonyl (C=O) groups excluding carboxylic acids is 1. The van der Waals surface area contributed by atoms with E-state index in [0.29, 0.717) is 19.7 Å². The van der Waals surface area contributed by atoms with Gasteiger partial charge in [0.1, 0.15) is 0 Å². The molecule has 82 valence electrons. The van der Waals surface area contributed by atoms with Gasteiger partial charge in [0, 0.05) is 19.1 Å². The van der Waals surface area contributed by atoms with E-state index in [-0.39, 0.29) is 17.9 Å². The lowest BCUT2D eigenvalue weighted by atomic mass is 10.1. The van der Waals surface area contributed by atoms with Gasteiger partial charge in [-0.05, 0) is 13.3 Å². The molecule has 0 spiro atoms. The first-order chi connectivity index (χ1) is 6.63. The molecule has 0 amide bonds. The van der Waals surface area contributed by atoms with Crippen LogP contribution >= 0.6 is 0 Å². The zero-order valence-electron chi connectivity index (χ0n) is 8.73. The van der Waals surface area contributed by atoms with Gasteiger partial charge in [-0.25, -0.2) is 0 Å². The van der Waals surface area contributed by atoms with Gasteiger partial charge in [0.15, 0.2) is 0 Å². The van der Waals surface area contributed by atoms with Crippen molar-refractivity contribution in [3.63, 3.8) is 0 Å². The number of nitrogens with zero attached hydrogens (tertiary/aromatic N) is 1. The van der Waals surface area contributed by atoms with E-state index in [2.05, 4.69) is 0 Å². The first-order valence-electron chi connectivity index (χ1n) is 4.84. The van der Waals surface area contributed by atoms with Gasteiger partial charge in [-0.15, -0.1) is 0 Å². The van der Waals surface area contributed by atoms with E-state index < -0.39 is 0 Å². The van der Waals surface area contributed by atoms with Crippen LogP contribution in [0.25, 0.3) is 0 Å². The second-order valence-electron chi connectivity index (χ2n) is 3.67. The highest BCUT2D eigenvalue weighted by Gasteiger charge is 2.27. The van der Waals surface area contributed by atoms with E-state index in [1.54, 1.807) is 5.06 Å². The van der Waals surface area contributed by atoms with Crippen molar-refractivity contribution in [3.05, 3.63) is 0 Å². The summed E-state index contributed by atoms with van der Waals surface area (Å²) < 4.78 is 4.69. The van der Waals surface area contributed by atoms with Crippen molar-refractivity contribution in [2.24, 2.45) is 11.7 Å². The van der Waals surface area contributed by atoms with Crippen LogP contribution in [0.4, 0.5) is 0 Å². The molecule has 14 heavy (non-hydrogen) atoms. The molecule has 2 atom stereocenters. The zero-order chi connectivity index (χ0) is 10.6.